The maximum absolute atomic E-state index is 6.06. The molecule has 0 radical (unpaired) electrons. The van der Waals surface area contributed by atoms with Crippen LogP contribution in [-0.4, -0.2) is 23.7 Å². The van der Waals surface area contributed by atoms with Gasteiger partial charge in [-0.15, -0.1) is 0 Å². The van der Waals surface area contributed by atoms with Crippen LogP contribution in [0.4, 0.5) is 11.5 Å². The third-order valence-corrected chi connectivity index (χ3v) is 4.00. The average Bonchev–Trinajstić information content (AvgIpc) is 2.62. The Hall–Kier alpha value is -2.53. The van der Waals surface area contributed by atoms with E-state index in [1.54, 1.807) is 7.11 Å². The van der Waals surface area contributed by atoms with E-state index in [2.05, 4.69) is 22.2 Å². The summed E-state index contributed by atoms with van der Waals surface area (Å²) in [7, 11) is 1.63. The first-order chi connectivity index (χ1) is 12.2. The lowest BCUT2D eigenvalue weighted by atomic mass is 10.2. The molecule has 0 atom stereocenters. The van der Waals surface area contributed by atoms with Crippen molar-refractivity contribution in [2.45, 2.75) is 19.8 Å². The zero-order valence-corrected chi connectivity index (χ0v) is 15.0. The molecule has 0 spiro atoms. The molecule has 2 aromatic carbocycles. The highest BCUT2D eigenvalue weighted by atomic mass is 35.5. The van der Waals surface area contributed by atoms with E-state index in [1.807, 2.05) is 36.4 Å². The number of methoxy groups -OCH3 is 1. The van der Waals surface area contributed by atoms with Crippen LogP contribution in [0.25, 0.3) is 10.9 Å². The smallest absolute Gasteiger partial charge is 0.162 e. The molecule has 0 aliphatic heterocycles. The summed E-state index contributed by atoms with van der Waals surface area (Å²) in [5.74, 6) is 2.04. The van der Waals surface area contributed by atoms with Crippen molar-refractivity contribution in [3.8, 4) is 11.5 Å². The predicted molar refractivity (Wildman–Crippen MR) is 101 cm³/mol. The summed E-state index contributed by atoms with van der Waals surface area (Å²) >= 11 is 6.06. The van der Waals surface area contributed by atoms with E-state index in [1.165, 1.54) is 6.33 Å². The van der Waals surface area contributed by atoms with Gasteiger partial charge >= 0.3 is 0 Å². The second kappa shape index (κ2) is 8.03. The lowest BCUT2D eigenvalue weighted by molar-refractivity contribution is 0.289. The summed E-state index contributed by atoms with van der Waals surface area (Å²) in [6.45, 7) is 2.77. The molecule has 0 aliphatic carbocycles. The van der Waals surface area contributed by atoms with Crippen LogP contribution in [0, 0.1) is 0 Å². The maximum atomic E-state index is 6.06. The van der Waals surface area contributed by atoms with Gasteiger partial charge in [0.25, 0.3) is 0 Å². The van der Waals surface area contributed by atoms with Gasteiger partial charge in [-0.05, 0) is 30.7 Å². The van der Waals surface area contributed by atoms with E-state index >= 15 is 0 Å². The molecule has 130 valence electrons. The standard InChI is InChI=1S/C19H20ClN3O2/c1-3-4-8-25-18-10-15-16(11-17(18)24-2)21-12-22-19(15)23-14-7-5-6-13(20)9-14/h5-7,9-12H,3-4,8H2,1-2H3,(H,21,22,23). The predicted octanol–water partition coefficient (Wildman–Crippen LogP) is 5.21. The van der Waals surface area contributed by atoms with Crippen molar-refractivity contribution in [3.05, 3.63) is 47.7 Å². The summed E-state index contributed by atoms with van der Waals surface area (Å²) in [6.07, 6.45) is 3.58. The van der Waals surface area contributed by atoms with Gasteiger partial charge in [-0.25, -0.2) is 9.97 Å². The molecule has 1 heterocycles. The number of aromatic nitrogens is 2. The minimum Gasteiger partial charge on any atom is -0.493 e. The molecular weight excluding hydrogens is 338 g/mol. The number of nitrogens with one attached hydrogen (secondary N) is 1. The van der Waals surface area contributed by atoms with Gasteiger partial charge in [0.1, 0.15) is 12.1 Å². The second-order valence-electron chi connectivity index (χ2n) is 5.58. The number of nitrogens with zero attached hydrogens (tertiary/aromatic N) is 2. The zero-order chi connectivity index (χ0) is 17.6. The van der Waals surface area contributed by atoms with E-state index in [-0.39, 0.29) is 0 Å². The van der Waals surface area contributed by atoms with E-state index in [9.17, 15) is 0 Å². The molecule has 0 aliphatic rings. The highest BCUT2D eigenvalue weighted by molar-refractivity contribution is 6.30. The Morgan fingerprint density at radius 2 is 2.00 bits per heavy atom. The van der Waals surface area contributed by atoms with Crippen LogP contribution in [0.1, 0.15) is 19.8 Å². The summed E-state index contributed by atoms with van der Waals surface area (Å²) < 4.78 is 11.3. The van der Waals surface area contributed by atoms with Gasteiger partial charge < -0.3 is 14.8 Å². The molecule has 0 saturated heterocycles. The largest absolute Gasteiger partial charge is 0.493 e. The van der Waals surface area contributed by atoms with Crippen molar-refractivity contribution >= 4 is 34.0 Å². The SMILES string of the molecule is CCCCOc1cc2c(Nc3cccc(Cl)c3)ncnc2cc1OC. The number of rotatable bonds is 7. The van der Waals surface area contributed by atoms with Crippen molar-refractivity contribution in [1.82, 2.24) is 9.97 Å². The molecular formula is C19H20ClN3O2. The lowest BCUT2D eigenvalue weighted by Crippen LogP contribution is -2.01. The Labute approximate surface area is 152 Å². The van der Waals surface area contributed by atoms with Gasteiger partial charge in [0.15, 0.2) is 11.5 Å². The number of ether oxygens (including phenoxy) is 2. The molecule has 3 rings (SSSR count). The number of benzene rings is 2. The highest BCUT2D eigenvalue weighted by Crippen LogP contribution is 2.35. The average molecular weight is 358 g/mol. The molecule has 0 bridgehead atoms. The van der Waals surface area contributed by atoms with Gasteiger partial charge in [0.05, 0.1) is 19.2 Å². The summed E-state index contributed by atoms with van der Waals surface area (Å²) in [6, 6.07) is 11.3. The molecule has 1 N–H and O–H groups in total. The molecule has 25 heavy (non-hydrogen) atoms. The van der Waals surface area contributed by atoms with Crippen LogP contribution in [-0.2, 0) is 0 Å². The summed E-state index contributed by atoms with van der Waals surface area (Å²) in [4.78, 5) is 8.70. The Kier molecular flexibility index (Phi) is 5.56. The van der Waals surface area contributed by atoms with E-state index in [4.69, 9.17) is 21.1 Å². The number of anilines is 2. The Morgan fingerprint density at radius 1 is 1.12 bits per heavy atom. The van der Waals surface area contributed by atoms with Crippen molar-refractivity contribution in [3.63, 3.8) is 0 Å². The normalized spacial score (nSPS) is 10.7. The summed E-state index contributed by atoms with van der Waals surface area (Å²) in [5, 5.41) is 4.80. The third-order valence-electron chi connectivity index (χ3n) is 3.76. The first kappa shape index (κ1) is 17.3. The molecule has 3 aromatic rings. The van der Waals surface area contributed by atoms with E-state index < -0.39 is 0 Å². The number of halogens is 1. The Morgan fingerprint density at radius 3 is 2.76 bits per heavy atom. The van der Waals surface area contributed by atoms with Crippen LogP contribution in [0.2, 0.25) is 5.02 Å². The molecule has 6 heteroatoms. The van der Waals surface area contributed by atoms with E-state index in [0.717, 1.165) is 29.4 Å². The topological polar surface area (TPSA) is 56.3 Å². The minimum atomic E-state index is 0.642. The quantitative estimate of drug-likeness (QED) is 0.588. The highest BCUT2D eigenvalue weighted by Gasteiger charge is 2.12. The molecule has 0 saturated carbocycles. The van der Waals surface area contributed by atoms with Crippen molar-refractivity contribution < 1.29 is 9.47 Å². The van der Waals surface area contributed by atoms with Crippen LogP contribution in [0.15, 0.2) is 42.7 Å². The first-order valence-corrected chi connectivity index (χ1v) is 8.57. The van der Waals surface area contributed by atoms with Crippen LogP contribution in [0.3, 0.4) is 0 Å². The van der Waals surface area contributed by atoms with Gasteiger partial charge in [-0.3, -0.25) is 0 Å². The number of unbranched alkanes of at least 4 members (excludes halogenated alkanes) is 1. The van der Waals surface area contributed by atoms with Gasteiger partial charge in [-0.1, -0.05) is 31.0 Å². The van der Waals surface area contributed by atoms with Crippen LogP contribution in [0.5, 0.6) is 11.5 Å². The van der Waals surface area contributed by atoms with Gasteiger partial charge in [0, 0.05) is 22.2 Å². The molecule has 5 nitrogen and oxygen atoms in total. The Bertz CT molecular complexity index is 870. The fourth-order valence-corrected chi connectivity index (χ4v) is 2.66. The third kappa shape index (κ3) is 4.12. The lowest BCUT2D eigenvalue weighted by Gasteiger charge is -2.13. The number of hydrogen-bond donors (Lipinski definition) is 1. The molecule has 0 fully saturated rings. The van der Waals surface area contributed by atoms with Crippen molar-refractivity contribution in [2.24, 2.45) is 0 Å². The molecule has 1 aromatic heterocycles. The first-order valence-electron chi connectivity index (χ1n) is 8.19. The van der Waals surface area contributed by atoms with Crippen molar-refractivity contribution in [1.29, 1.82) is 0 Å². The fourth-order valence-electron chi connectivity index (χ4n) is 2.47. The fraction of sp³-hybridized carbons (Fsp3) is 0.263. The second-order valence-corrected chi connectivity index (χ2v) is 6.02. The van der Waals surface area contributed by atoms with Crippen LogP contribution < -0.4 is 14.8 Å². The Balaban J connectivity index is 1.99. The number of hydrogen-bond acceptors (Lipinski definition) is 5. The monoisotopic (exact) mass is 357 g/mol. The van der Waals surface area contributed by atoms with Gasteiger partial charge in [-0.2, -0.15) is 0 Å². The van der Waals surface area contributed by atoms with Gasteiger partial charge in [0.2, 0.25) is 0 Å². The minimum absolute atomic E-state index is 0.642. The zero-order valence-electron chi connectivity index (χ0n) is 14.3. The number of fused-ring (bicyclic) bond motifs is 1. The van der Waals surface area contributed by atoms with Crippen molar-refractivity contribution in [2.75, 3.05) is 19.0 Å². The summed E-state index contributed by atoms with van der Waals surface area (Å²) in [5.41, 5.74) is 1.64. The molecule has 0 amide bonds. The molecule has 0 unspecified atom stereocenters. The maximum Gasteiger partial charge on any atom is 0.162 e. The van der Waals surface area contributed by atoms with Crippen LogP contribution >= 0.6 is 11.6 Å². The van der Waals surface area contributed by atoms with E-state index in [0.29, 0.717) is 28.9 Å².